The number of hydrogen-bond donors (Lipinski definition) is 2. The van der Waals surface area contributed by atoms with Crippen LogP contribution in [0.15, 0.2) is 18.3 Å². The second-order valence-corrected chi connectivity index (χ2v) is 4.62. The molecule has 3 N–H and O–H groups in total. The highest BCUT2D eigenvalue weighted by molar-refractivity contribution is 5.92. The number of amides is 1. The van der Waals surface area contributed by atoms with E-state index in [0.29, 0.717) is 18.2 Å². The molecule has 1 aliphatic rings. The van der Waals surface area contributed by atoms with E-state index in [1.807, 2.05) is 0 Å². The molecule has 2 unspecified atom stereocenters. The minimum Gasteiger partial charge on any atom is -0.350 e. The second kappa shape index (κ2) is 5.65. The number of hydrogen-bond acceptors (Lipinski definition) is 3. The number of nitrogens with one attached hydrogen (secondary N) is 1. The maximum Gasteiger partial charge on any atom is 0.269 e. The molecule has 2 atom stereocenters. The van der Waals surface area contributed by atoms with Crippen molar-refractivity contribution in [3.05, 3.63) is 29.6 Å². The van der Waals surface area contributed by atoms with Gasteiger partial charge in [-0.2, -0.15) is 0 Å². The molecule has 0 aliphatic heterocycles. The van der Waals surface area contributed by atoms with Gasteiger partial charge in [0.05, 0.1) is 6.54 Å². The lowest BCUT2D eigenvalue weighted by molar-refractivity contribution is 0.0946. The van der Waals surface area contributed by atoms with Gasteiger partial charge in [0.2, 0.25) is 0 Å². The highest BCUT2D eigenvalue weighted by Gasteiger charge is 2.32. The van der Waals surface area contributed by atoms with Gasteiger partial charge >= 0.3 is 0 Å². The van der Waals surface area contributed by atoms with Crippen LogP contribution >= 0.6 is 0 Å². The molecule has 4 heteroatoms. The molecule has 2 rings (SSSR count). The zero-order chi connectivity index (χ0) is 13.0. The van der Waals surface area contributed by atoms with Crippen LogP contribution in [0.3, 0.4) is 0 Å². The fraction of sp³-hybridized carbons (Fsp3) is 0.429. The number of pyridine rings is 1. The lowest BCUT2D eigenvalue weighted by Gasteiger charge is -2.03. The van der Waals surface area contributed by atoms with E-state index >= 15 is 0 Å². The number of nitrogens with zero attached hydrogens (tertiary/aromatic N) is 1. The van der Waals surface area contributed by atoms with Crippen molar-refractivity contribution in [1.29, 1.82) is 0 Å². The molecule has 18 heavy (non-hydrogen) atoms. The number of rotatable bonds is 3. The van der Waals surface area contributed by atoms with E-state index in [-0.39, 0.29) is 5.91 Å². The number of aromatic nitrogens is 1. The Morgan fingerprint density at radius 1 is 1.61 bits per heavy atom. The Hall–Kier alpha value is -1.86. The van der Waals surface area contributed by atoms with Gasteiger partial charge in [0.1, 0.15) is 5.69 Å². The van der Waals surface area contributed by atoms with E-state index < -0.39 is 0 Å². The predicted molar refractivity (Wildman–Crippen MR) is 69.8 cm³/mol. The van der Waals surface area contributed by atoms with E-state index in [9.17, 15) is 4.79 Å². The van der Waals surface area contributed by atoms with Crippen molar-refractivity contribution in [1.82, 2.24) is 10.3 Å². The second-order valence-electron chi connectivity index (χ2n) is 4.62. The van der Waals surface area contributed by atoms with Gasteiger partial charge < -0.3 is 11.1 Å². The fourth-order valence-electron chi connectivity index (χ4n) is 1.75. The van der Waals surface area contributed by atoms with Crippen molar-refractivity contribution >= 4 is 5.91 Å². The average molecular weight is 243 g/mol. The van der Waals surface area contributed by atoms with Crippen LogP contribution in [0, 0.1) is 23.7 Å². The van der Waals surface area contributed by atoms with Gasteiger partial charge in [-0.1, -0.05) is 18.8 Å². The molecule has 4 nitrogen and oxygen atoms in total. The largest absolute Gasteiger partial charge is 0.350 e. The molecule has 0 bridgehead atoms. The number of nitrogens with two attached hydrogens (primary N) is 1. The minimum atomic E-state index is -0.118. The molecule has 0 saturated heterocycles. The molecule has 1 aliphatic carbocycles. The van der Waals surface area contributed by atoms with Crippen molar-refractivity contribution in [2.24, 2.45) is 17.6 Å². The van der Waals surface area contributed by atoms with Crippen LogP contribution in [0.25, 0.3) is 0 Å². The van der Waals surface area contributed by atoms with Crippen LogP contribution in [-0.2, 0) is 0 Å². The van der Waals surface area contributed by atoms with Crippen LogP contribution in [0.4, 0.5) is 0 Å². The molecule has 0 spiro atoms. The van der Waals surface area contributed by atoms with Crippen molar-refractivity contribution in [2.75, 3.05) is 13.1 Å². The Morgan fingerprint density at radius 2 is 2.39 bits per heavy atom. The summed E-state index contributed by atoms with van der Waals surface area (Å²) in [6.07, 6.45) is 2.80. The average Bonchev–Trinajstić information content (AvgIpc) is 3.10. The van der Waals surface area contributed by atoms with Gasteiger partial charge in [-0.25, -0.2) is 4.98 Å². The van der Waals surface area contributed by atoms with Crippen molar-refractivity contribution in [3.63, 3.8) is 0 Å². The molecule has 1 aromatic rings. The van der Waals surface area contributed by atoms with Crippen LogP contribution in [0.2, 0.25) is 0 Å². The maximum atomic E-state index is 11.8. The summed E-state index contributed by atoms with van der Waals surface area (Å²) in [5.74, 6) is 6.88. The van der Waals surface area contributed by atoms with E-state index in [4.69, 9.17) is 5.73 Å². The molecule has 1 fully saturated rings. The van der Waals surface area contributed by atoms with Crippen molar-refractivity contribution in [2.45, 2.75) is 13.3 Å². The molecule has 1 heterocycles. The first-order chi connectivity index (χ1) is 8.70. The fourth-order valence-corrected chi connectivity index (χ4v) is 1.75. The standard InChI is InChI=1S/C14H17N3O/c1-10-7-12(10)9-17-14(18)13-5-4-11(8-16-13)3-2-6-15/h4-5,8,10,12H,6-7,9,15H2,1H3,(H,17,18). The highest BCUT2D eigenvalue weighted by atomic mass is 16.1. The topological polar surface area (TPSA) is 68.0 Å². The van der Waals surface area contributed by atoms with Crippen molar-refractivity contribution < 1.29 is 4.79 Å². The Kier molecular flexibility index (Phi) is 3.96. The van der Waals surface area contributed by atoms with Gasteiger partial charge in [0.25, 0.3) is 5.91 Å². The Bertz CT molecular complexity index is 484. The minimum absolute atomic E-state index is 0.118. The molecule has 0 aromatic carbocycles. The first-order valence-corrected chi connectivity index (χ1v) is 6.14. The van der Waals surface area contributed by atoms with Gasteiger partial charge in [-0.15, -0.1) is 0 Å². The summed E-state index contributed by atoms with van der Waals surface area (Å²) in [7, 11) is 0. The van der Waals surface area contributed by atoms with E-state index in [0.717, 1.165) is 18.0 Å². The van der Waals surface area contributed by atoms with Gasteiger partial charge in [-0.05, 0) is 30.4 Å². The predicted octanol–water partition coefficient (Wildman–Crippen LogP) is 0.778. The van der Waals surface area contributed by atoms with Crippen LogP contribution in [-0.4, -0.2) is 24.0 Å². The number of carbonyl (C=O) groups excluding carboxylic acids is 1. The van der Waals surface area contributed by atoms with Crippen molar-refractivity contribution in [3.8, 4) is 11.8 Å². The molecule has 1 aromatic heterocycles. The lowest BCUT2D eigenvalue weighted by Crippen LogP contribution is -2.26. The Balaban J connectivity index is 1.89. The quantitative estimate of drug-likeness (QED) is 0.771. The Labute approximate surface area is 107 Å². The van der Waals surface area contributed by atoms with E-state index in [2.05, 4.69) is 29.1 Å². The summed E-state index contributed by atoms with van der Waals surface area (Å²) in [6, 6.07) is 3.47. The SMILES string of the molecule is CC1CC1CNC(=O)c1ccc(C#CCN)cn1. The third kappa shape index (κ3) is 3.31. The van der Waals surface area contributed by atoms with Gasteiger partial charge in [0.15, 0.2) is 0 Å². The summed E-state index contributed by atoms with van der Waals surface area (Å²) in [6.45, 7) is 3.26. The molecule has 1 saturated carbocycles. The van der Waals surface area contributed by atoms with Gasteiger partial charge in [0, 0.05) is 18.3 Å². The monoisotopic (exact) mass is 243 g/mol. The third-order valence-corrected chi connectivity index (χ3v) is 3.13. The normalized spacial score (nSPS) is 20.8. The molecule has 0 radical (unpaired) electrons. The third-order valence-electron chi connectivity index (χ3n) is 3.13. The molecular weight excluding hydrogens is 226 g/mol. The van der Waals surface area contributed by atoms with Crippen LogP contribution < -0.4 is 11.1 Å². The molecule has 1 amide bonds. The summed E-state index contributed by atoms with van der Waals surface area (Å²) >= 11 is 0. The maximum absolute atomic E-state index is 11.8. The molecular formula is C14H17N3O. The first kappa shape index (κ1) is 12.6. The smallest absolute Gasteiger partial charge is 0.269 e. The van der Waals surface area contributed by atoms with E-state index in [1.165, 1.54) is 6.42 Å². The highest BCUT2D eigenvalue weighted by Crippen LogP contribution is 2.36. The summed E-state index contributed by atoms with van der Waals surface area (Å²) in [5, 5.41) is 2.90. The summed E-state index contributed by atoms with van der Waals surface area (Å²) in [4.78, 5) is 15.9. The van der Waals surface area contributed by atoms with Crippen LogP contribution in [0.5, 0.6) is 0 Å². The zero-order valence-corrected chi connectivity index (χ0v) is 10.4. The van der Waals surface area contributed by atoms with E-state index in [1.54, 1.807) is 18.3 Å². The summed E-state index contributed by atoms with van der Waals surface area (Å²) < 4.78 is 0. The van der Waals surface area contributed by atoms with Gasteiger partial charge in [-0.3, -0.25) is 4.79 Å². The molecule has 94 valence electrons. The summed E-state index contributed by atoms with van der Waals surface area (Å²) in [5.41, 5.74) is 6.48. The number of carbonyl (C=O) groups is 1. The lowest BCUT2D eigenvalue weighted by atomic mass is 10.2. The first-order valence-electron chi connectivity index (χ1n) is 6.14. The Morgan fingerprint density at radius 3 is 2.94 bits per heavy atom. The van der Waals surface area contributed by atoms with Crippen LogP contribution in [0.1, 0.15) is 29.4 Å². The zero-order valence-electron chi connectivity index (χ0n) is 10.4.